The largest absolute Gasteiger partial charge is 0.448 e. The predicted octanol–water partition coefficient (Wildman–Crippen LogP) is 2.20. The number of hydrogen-bond acceptors (Lipinski definition) is 3. The van der Waals surface area contributed by atoms with Crippen LogP contribution in [0.4, 0.5) is 0 Å². The minimum absolute atomic E-state index is 0.392. The van der Waals surface area contributed by atoms with E-state index in [1.807, 2.05) is 0 Å². The molecule has 0 spiro atoms. The first-order valence-corrected chi connectivity index (χ1v) is 4.67. The van der Waals surface area contributed by atoms with Gasteiger partial charge in [-0.3, -0.25) is 0 Å². The molecule has 3 nitrogen and oxygen atoms in total. The highest BCUT2D eigenvalue weighted by atomic mass is 16.3. The minimum Gasteiger partial charge on any atom is -0.448 e. The lowest BCUT2D eigenvalue weighted by Gasteiger charge is -2.17. The lowest BCUT2D eigenvalue weighted by atomic mass is 9.92. The fraction of sp³-hybridized carbons (Fsp3) is 0.700. The zero-order valence-electron chi connectivity index (χ0n) is 8.63. The van der Waals surface area contributed by atoms with Gasteiger partial charge < -0.3 is 9.73 Å². The van der Waals surface area contributed by atoms with E-state index in [4.69, 9.17) is 4.42 Å². The Labute approximate surface area is 79.5 Å². The second-order valence-electron chi connectivity index (χ2n) is 4.41. The van der Waals surface area contributed by atoms with Crippen molar-refractivity contribution < 1.29 is 4.42 Å². The smallest absolute Gasteiger partial charge is 0.207 e. The summed E-state index contributed by atoms with van der Waals surface area (Å²) in [7, 11) is 0. The Morgan fingerprint density at radius 2 is 2.23 bits per heavy atom. The molecule has 0 aliphatic carbocycles. The Morgan fingerprint density at radius 3 is 2.77 bits per heavy atom. The summed E-state index contributed by atoms with van der Waals surface area (Å²) in [5.74, 6) is 0.758. The average molecular weight is 182 g/mol. The quantitative estimate of drug-likeness (QED) is 0.725. The van der Waals surface area contributed by atoms with Crippen LogP contribution < -0.4 is 5.32 Å². The molecule has 0 aromatic carbocycles. The van der Waals surface area contributed by atoms with Gasteiger partial charge in [0.25, 0.3) is 0 Å². The SMILES string of the molecule is CC(C)(C)CCNCc1ncco1. The molecule has 1 aromatic rings. The van der Waals surface area contributed by atoms with Gasteiger partial charge >= 0.3 is 0 Å². The van der Waals surface area contributed by atoms with Crippen molar-refractivity contribution in [3.05, 3.63) is 18.4 Å². The normalized spacial score (nSPS) is 11.9. The topological polar surface area (TPSA) is 38.1 Å². The van der Waals surface area contributed by atoms with Gasteiger partial charge in [-0.15, -0.1) is 0 Å². The molecule has 0 aliphatic rings. The maximum Gasteiger partial charge on any atom is 0.207 e. The number of hydrogen-bond donors (Lipinski definition) is 1. The van der Waals surface area contributed by atoms with Crippen LogP contribution in [0, 0.1) is 5.41 Å². The summed E-state index contributed by atoms with van der Waals surface area (Å²) in [6.07, 6.45) is 4.43. The first-order valence-electron chi connectivity index (χ1n) is 4.67. The molecular formula is C10H18N2O. The molecule has 0 unspecified atom stereocenters. The monoisotopic (exact) mass is 182 g/mol. The molecule has 0 amide bonds. The van der Waals surface area contributed by atoms with E-state index in [1.54, 1.807) is 12.5 Å². The van der Waals surface area contributed by atoms with E-state index in [0.717, 1.165) is 25.4 Å². The third kappa shape index (κ3) is 4.68. The fourth-order valence-corrected chi connectivity index (χ4v) is 0.999. The second kappa shape index (κ2) is 4.42. The Kier molecular flexibility index (Phi) is 3.48. The van der Waals surface area contributed by atoms with E-state index in [1.165, 1.54) is 0 Å². The van der Waals surface area contributed by atoms with Gasteiger partial charge in [-0.2, -0.15) is 0 Å². The van der Waals surface area contributed by atoms with E-state index in [2.05, 4.69) is 31.1 Å². The summed E-state index contributed by atoms with van der Waals surface area (Å²) in [6, 6.07) is 0. The van der Waals surface area contributed by atoms with Crippen molar-refractivity contribution in [2.75, 3.05) is 6.54 Å². The van der Waals surface area contributed by atoms with Gasteiger partial charge in [0.1, 0.15) is 6.26 Å². The molecule has 1 rings (SSSR count). The highest BCUT2D eigenvalue weighted by molar-refractivity contribution is 4.78. The van der Waals surface area contributed by atoms with E-state index in [0.29, 0.717) is 5.41 Å². The molecule has 0 fully saturated rings. The molecule has 0 saturated heterocycles. The number of nitrogens with one attached hydrogen (secondary N) is 1. The van der Waals surface area contributed by atoms with Crippen molar-refractivity contribution in [1.29, 1.82) is 0 Å². The highest BCUT2D eigenvalue weighted by Gasteiger charge is 2.08. The van der Waals surface area contributed by atoms with Crippen molar-refractivity contribution in [2.45, 2.75) is 33.7 Å². The van der Waals surface area contributed by atoms with Crippen LogP contribution in [0.3, 0.4) is 0 Å². The molecular weight excluding hydrogens is 164 g/mol. The summed E-state index contributed by atoms with van der Waals surface area (Å²) >= 11 is 0. The van der Waals surface area contributed by atoms with Gasteiger partial charge in [0.15, 0.2) is 0 Å². The van der Waals surface area contributed by atoms with Crippen LogP contribution in [0.5, 0.6) is 0 Å². The lowest BCUT2D eigenvalue weighted by Crippen LogP contribution is -2.20. The van der Waals surface area contributed by atoms with Gasteiger partial charge in [0, 0.05) is 0 Å². The zero-order chi connectivity index (χ0) is 9.73. The Balaban J connectivity index is 2.09. The fourth-order valence-electron chi connectivity index (χ4n) is 0.999. The molecule has 0 atom stereocenters. The Hall–Kier alpha value is -0.830. The van der Waals surface area contributed by atoms with E-state index in [9.17, 15) is 0 Å². The lowest BCUT2D eigenvalue weighted by molar-refractivity contribution is 0.359. The molecule has 1 aromatic heterocycles. The van der Waals surface area contributed by atoms with E-state index >= 15 is 0 Å². The Bertz CT molecular complexity index is 224. The number of aromatic nitrogens is 1. The minimum atomic E-state index is 0.392. The van der Waals surface area contributed by atoms with Crippen molar-refractivity contribution in [1.82, 2.24) is 10.3 Å². The summed E-state index contributed by atoms with van der Waals surface area (Å²) in [4.78, 5) is 4.02. The van der Waals surface area contributed by atoms with Crippen molar-refractivity contribution in [3.8, 4) is 0 Å². The summed E-state index contributed by atoms with van der Waals surface area (Å²) in [6.45, 7) is 8.44. The predicted molar refractivity (Wildman–Crippen MR) is 52.3 cm³/mol. The average Bonchev–Trinajstić information content (AvgIpc) is 2.48. The van der Waals surface area contributed by atoms with Crippen LogP contribution >= 0.6 is 0 Å². The number of nitrogens with zero attached hydrogens (tertiary/aromatic N) is 1. The van der Waals surface area contributed by atoms with Gasteiger partial charge in [0.2, 0.25) is 5.89 Å². The van der Waals surface area contributed by atoms with Gasteiger partial charge in [-0.1, -0.05) is 20.8 Å². The maximum absolute atomic E-state index is 5.09. The van der Waals surface area contributed by atoms with Crippen LogP contribution in [0.1, 0.15) is 33.1 Å². The zero-order valence-corrected chi connectivity index (χ0v) is 8.63. The molecule has 1 heterocycles. The summed E-state index contributed by atoms with van der Waals surface area (Å²) in [5.41, 5.74) is 0.392. The first-order chi connectivity index (χ1) is 6.08. The third-order valence-electron chi connectivity index (χ3n) is 1.81. The molecule has 0 bridgehead atoms. The number of rotatable bonds is 4. The molecule has 0 aliphatic heterocycles. The first kappa shape index (κ1) is 10.3. The summed E-state index contributed by atoms with van der Waals surface area (Å²) in [5, 5.41) is 3.29. The van der Waals surface area contributed by atoms with E-state index < -0.39 is 0 Å². The van der Waals surface area contributed by atoms with Crippen LogP contribution in [-0.2, 0) is 6.54 Å². The standard InChI is InChI=1S/C10H18N2O/c1-10(2,3)4-5-11-8-9-12-6-7-13-9/h6-7,11H,4-5,8H2,1-3H3. The van der Waals surface area contributed by atoms with Gasteiger partial charge in [0.05, 0.1) is 12.7 Å². The van der Waals surface area contributed by atoms with Crippen LogP contribution in [0.2, 0.25) is 0 Å². The van der Waals surface area contributed by atoms with Crippen LogP contribution in [-0.4, -0.2) is 11.5 Å². The molecule has 3 heteroatoms. The van der Waals surface area contributed by atoms with E-state index in [-0.39, 0.29) is 0 Å². The Morgan fingerprint density at radius 1 is 1.46 bits per heavy atom. The van der Waals surface area contributed by atoms with Crippen molar-refractivity contribution in [2.24, 2.45) is 5.41 Å². The molecule has 1 N–H and O–H groups in total. The van der Waals surface area contributed by atoms with Crippen molar-refractivity contribution in [3.63, 3.8) is 0 Å². The third-order valence-corrected chi connectivity index (χ3v) is 1.81. The molecule has 0 radical (unpaired) electrons. The van der Waals surface area contributed by atoms with Crippen LogP contribution in [0.25, 0.3) is 0 Å². The summed E-state index contributed by atoms with van der Waals surface area (Å²) < 4.78 is 5.09. The molecule has 13 heavy (non-hydrogen) atoms. The molecule has 74 valence electrons. The number of oxazole rings is 1. The highest BCUT2D eigenvalue weighted by Crippen LogP contribution is 2.16. The van der Waals surface area contributed by atoms with Crippen LogP contribution in [0.15, 0.2) is 16.9 Å². The maximum atomic E-state index is 5.09. The van der Waals surface area contributed by atoms with Gasteiger partial charge in [-0.25, -0.2) is 4.98 Å². The molecule has 0 saturated carbocycles. The second-order valence-corrected chi connectivity index (χ2v) is 4.41. The van der Waals surface area contributed by atoms with Crippen molar-refractivity contribution >= 4 is 0 Å². The van der Waals surface area contributed by atoms with Gasteiger partial charge in [-0.05, 0) is 18.4 Å².